The van der Waals surface area contributed by atoms with E-state index < -0.39 is 0 Å². The van der Waals surface area contributed by atoms with Crippen molar-refractivity contribution in [3.8, 4) is 0 Å². The molecule has 2 nitrogen and oxygen atoms in total. The Bertz CT molecular complexity index is 742. The van der Waals surface area contributed by atoms with Crippen molar-refractivity contribution in [2.45, 2.75) is 77.3 Å². The molecule has 0 N–H and O–H groups in total. The summed E-state index contributed by atoms with van der Waals surface area (Å²) in [5, 5.41) is 0. The summed E-state index contributed by atoms with van der Waals surface area (Å²) < 4.78 is 0. The first-order chi connectivity index (χ1) is 16.8. The van der Waals surface area contributed by atoms with E-state index in [9.17, 15) is 0 Å². The molecular weight excluding hydrogens is 412 g/mol. The van der Waals surface area contributed by atoms with Gasteiger partial charge >= 0.3 is 0 Å². The number of hydrogen-bond acceptors (Lipinski definition) is 2. The first-order valence-corrected chi connectivity index (χ1v) is 14.0. The van der Waals surface area contributed by atoms with Crippen molar-refractivity contribution in [2.24, 2.45) is 11.8 Å². The lowest BCUT2D eigenvalue weighted by Crippen LogP contribution is -2.35. The van der Waals surface area contributed by atoms with E-state index in [2.05, 4.69) is 82.6 Å². The highest BCUT2D eigenvalue weighted by atomic mass is 15.1. The van der Waals surface area contributed by atoms with Crippen molar-refractivity contribution in [2.75, 3.05) is 26.2 Å². The van der Waals surface area contributed by atoms with Crippen LogP contribution in [0.15, 0.2) is 72.8 Å². The monoisotopic (exact) mass is 458 g/mol. The Labute approximate surface area is 209 Å². The second-order valence-corrected chi connectivity index (χ2v) is 10.8. The smallest absolute Gasteiger partial charge is 0.0240 e. The summed E-state index contributed by atoms with van der Waals surface area (Å²) in [6, 6.07) is 21.8. The van der Waals surface area contributed by atoms with E-state index in [4.69, 9.17) is 0 Å². The molecule has 0 spiro atoms. The highest BCUT2D eigenvalue weighted by Gasteiger charge is 2.21. The van der Waals surface area contributed by atoms with Crippen LogP contribution in [0.3, 0.4) is 0 Å². The summed E-state index contributed by atoms with van der Waals surface area (Å²) in [4.78, 5) is 5.37. The molecular formula is C32H46N2. The molecule has 2 saturated carbocycles. The van der Waals surface area contributed by atoms with Crippen LogP contribution in [0.1, 0.15) is 75.3 Å². The van der Waals surface area contributed by atoms with Gasteiger partial charge in [0.2, 0.25) is 0 Å². The van der Waals surface area contributed by atoms with Gasteiger partial charge in [-0.1, -0.05) is 111 Å². The zero-order valence-corrected chi connectivity index (χ0v) is 21.3. The molecule has 0 aliphatic heterocycles. The molecule has 184 valence electrons. The molecule has 2 aromatic rings. The van der Waals surface area contributed by atoms with Gasteiger partial charge < -0.3 is 0 Å². The van der Waals surface area contributed by atoms with Gasteiger partial charge in [-0.2, -0.15) is 0 Å². The molecule has 0 aromatic heterocycles. The topological polar surface area (TPSA) is 6.48 Å². The average molecular weight is 459 g/mol. The van der Waals surface area contributed by atoms with Gasteiger partial charge in [0.25, 0.3) is 0 Å². The lowest BCUT2D eigenvalue weighted by Gasteiger charge is -2.33. The molecule has 2 aliphatic carbocycles. The third-order valence-corrected chi connectivity index (χ3v) is 7.87. The summed E-state index contributed by atoms with van der Waals surface area (Å²) in [7, 11) is 0. The Hall–Kier alpha value is -1.90. The second-order valence-electron chi connectivity index (χ2n) is 10.8. The largest absolute Gasteiger partial charge is 0.299 e. The number of benzene rings is 2. The Kier molecular flexibility index (Phi) is 10.7. The predicted molar refractivity (Wildman–Crippen MR) is 146 cm³/mol. The molecule has 34 heavy (non-hydrogen) atoms. The van der Waals surface area contributed by atoms with Crippen LogP contribution in [-0.4, -0.2) is 36.0 Å². The van der Waals surface area contributed by atoms with Crippen molar-refractivity contribution in [1.29, 1.82) is 0 Å². The van der Waals surface area contributed by atoms with E-state index in [1.165, 1.54) is 88.4 Å². The fourth-order valence-corrected chi connectivity index (χ4v) is 6.01. The molecule has 0 saturated heterocycles. The summed E-state index contributed by atoms with van der Waals surface area (Å²) in [5.41, 5.74) is 2.78. The fourth-order valence-electron chi connectivity index (χ4n) is 6.01. The Balaban J connectivity index is 1.33. The molecule has 0 atom stereocenters. The standard InChI is InChI=1S/C32H46N2/c1-5-15-29(16-6-1)25-33(26-30-17-7-2-8-18-30)23-13-14-24-34(27-31-19-9-3-10-20-31)28-32-21-11-4-12-22-32/h1-2,5-8,13-18,31-32H,3-4,9-12,19-28H2. The van der Waals surface area contributed by atoms with E-state index in [0.29, 0.717) is 0 Å². The van der Waals surface area contributed by atoms with Crippen molar-refractivity contribution >= 4 is 0 Å². The van der Waals surface area contributed by atoms with Crippen LogP contribution < -0.4 is 0 Å². The second kappa shape index (κ2) is 14.5. The first kappa shape index (κ1) is 25.2. The third-order valence-electron chi connectivity index (χ3n) is 7.87. The third kappa shape index (κ3) is 9.04. The van der Waals surface area contributed by atoms with E-state index in [-0.39, 0.29) is 0 Å². The molecule has 0 heterocycles. The molecule has 2 aliphatic rings. The van der Waals surface area contributed by atoms with E-state index in [1.54, 1.807) is 0 Å². The van der Waals surface area contributed by atoms with Crippen molar-refractivity contribution < 1.29 is 0 Å². The van der Waals surface area contributed by atoms with Gasteiger partial charge in [0.05, 0.1) is 0 Å². The van der Waals surface area contributed by atoms with Crippen LogP contribution in [0, 0.1) is 11.8 Å². The van der Waals surface area contributed by atoms with Gasteiger partial charge in [-0.25, -0.2) is 0 Å². The minimum absolute atomic E-state index is 0.929. The average Bonchev–Trinajstić information content (AvgIpc) is 2.89. The Morgan fingerprint density at radius 2 is 0.941 bits per heavy atom. The Morgan fingerprint density at radius 3 is 1.38 bits per heavy atom. The van der Waals surface area contributed by atoms with Crippen molar-refractivity contribution in [3.05, 3.63) is 83.9 Å². The van der Waals surface area contributed by atoms with Crippen LogP contribution in [-0.2, 0) is 13.1 Å². The summed E-state index contributed by atoms with van der Waals surface area (Å²) in [6.07, 6.45) is 19.4. The molecule has 4 rings (SSSR count). The van der Waals surface area contributed by atoms with E-state index >= 15 is 0 Å². The van der Waals surface area contributed by atoms with Crippen LogP contribution >= 0.6 is 0 Å². The van der Waals surface area contributed by atoms with Gasteiger partial charge in [0, 0.05) is 39.3 Å². The lowest BCUT2D eigenvalue weighted by molar-refractivity contribution is 0.172. The Morgan fingerprint density at radius 1 is 0.529 bits per heavy atom. The zero-order chi connectivity index (χ0) is 23.3. The van der Waals surface area contributed by atoms with E-state index in [1.807, 2.05) is 0 Å². The van der Waals surface area contributed by atoms with Gasteiger partial charge in [-0.15, -0.1) is 0 Å². The van der Waals surface area contributed by atoms with Crippen molar-refractivity contribution in [3.63, 3.8) is 0 Å². The summed E-state index contributed by atoms with van der Waals surface area (Å²) in [5.74, 6) is 1.86. The molecule has 0 bridgehead atoms. The van der Waals surface area contributed by atoms with Crippen LogP contribution in [0.25, 0.3) is 0 Å². The maximum absolute atomic E-state index is 2.81. The SMILES string of the molecule is C(=CCN(CC1CCCCC1)CC1CCCCC1)CN(Cc1ccccc1)Cc1ccccc1. The van der Waals surface area contributed by atoms with E-state index in [0.717, 1.165) is 38.0 Å². The van der Waals surface area contributed by atoms with Crippen molar-refractivity contribution in [1.82, 2.24) is 9.80 Å². The van der Waals surface area contributed by atoms with Gasteiger partial charge in [0.1, 0.15) is 0 Å². The van der Waals surface area contributed by atoms with Gasteiger partial charge in [0.15, 0.2) is 0 Å². The molecule has 2 fully saturated rings. The summed E-state index contributed by atoms with van der Waals surface area (Å²) in [6.45, 7) is 6.75. The molecule has 2 heteroatoms. The zero-order valence-electron chi connectivity index (χ0n) is 21.3. The van der Waals surface area contributed by atoms with Crippen LogP contribution in [0.2, 0.25) is 0 Å². The van der Waals surface area contributed by atoms with Crippen LogP contribution in [0.5, 0.6) is 0 Å². The minimum atomic E-state index is 0.929. The maximum Gasteiger partial charge on any atom is 0.0240 e. The van der Waals surface area contributed by atoms with Gasteiger partial charge in [-0.3, -0.25) is 9.80 Å². The lowest BCUT2D eigenvalue weighted by atomic mass is 9.87. The fraction of sp³-hybridized carbons (Fsp3) is 0.562. The quantitative estimate of drug-likeness (QED) is 0.301. The maximum atomic E-state index is 2.81. The molecule has 0 radical (unpaired) electrons. The van der Waals surface area contributed by atoms with Gasteiger partial charge in [-0.05, 0) is 48.6 Å². The number of nitrogens with zero attached hydrogens (tertiary/aromatic N) is 2. The highest BCUT2D eigenvalue weighted by molar-refractivity contribution is 5.17. The number of hydrogen-bond donors (Lipinski definition) is 0. The normalized spacial score (nSPS) is 18.3. The molecule has 2 aromatic carbocycles. The van der Waals surface area contributed by atoms with Crippen LogP contribution in [0.4, 0.5) is 0 Å². The first-order valence-electron chi connectivity index (χ1n) is 14.0. The molecule has 0 amide bonds. The highest BCUT2D eigenvalue weighted by Crippen LogP contribution is 2.27. The number of rotatable bonds is 12. The predicted octanol–water partition coefficient (Wildman–Crippen LogP) is 7.71. The molecule has 0 unspecified atom stereocenters. The summed E-state index contributed by atoms with van der Waals surface area (Å²) >= 11 is 0. The minimum Gasteiger partial charge on any atom is -0.299 e.